The number of primary amides is 1. The minimum absolute atomic E-state index is 0.151. The van der Waals surface area contributed by atoms with E-state index in [1.54, 1.807) is 36.5 Å². The third-order valence-corrected chi connectivity index (χ3v) is 5.71. The third kappa shape index (κ3) is 4.45. The second-order valence-electron chi connectivity index (χ2n) is 6.88. The lowest BCUT2D eigenvalue weighted by Crippen LogP contribution is -2.42. The van der Waals surface area contributed by atoms with Crippen molar-refractivity contribution in [3.63, 3.8) is 0 Å². The van der Waals surface area contributed by atoms with Gasteiger partial charge in [-0.15, -0.1) is 0 Å². The Morgan fingerprint density at radius 2 is 1.90 bits per heavy atom. The number of amides is 3. The number of thioether (sulfide) groups is 1. The number of nitrogens with two attached hydrogens (primary N) is 1. The van der Waals surface area contributed by atoms with Gasteiger partial charge in [0.05, 0.1) is 16.2 Å². The molecular weight excluding hydrogens is 390 g/mol. The molecule has 0 aliphatic carbocycles. The lowest BCUT2D eigenvalue weighted by atomic mass is 10.1. The molecule has 8 nitrogen and oxygen atoms in total. The monoisotopic (exact) mass is 411 g/mol. The molecule has 0 radical (unpaired) electrons. The molecule has 2 aromatic heterocycles. The van der Waals surface area contributed by atoms with Crippen molar-refractivity contribution in [2.75, 3.05) is 0 Å². The van der Waals surface area contributed by atoms with Crippen molar-refractivity contribution in [3.8, 4) is 5.82 Å². The smallest absolute Gasteiger partial charge is 0.318 e. The molecule has 0 saturated heterocycles. The summed E-state index contributed by atoms with van der Waals surface area (Å²) in [6.45, 7) is 5.58. The molecule has 1 unspecified atom stereocenters. The van der Waals surface area contributed by atoms with E-state index < -0.39 is 17.2 Å². The maximum Gasteiger partial charge on any atom is 0.318 e. The molecule has 3 amide bonds. The quantitative estimate of drug-likeness (QED) is 0.491. The van der Waals surface area contributed by atoms with Gasteiger partial charge in [-0.1, -0.05) is 43.8 Å². The van der Waals surface area contributed by atoms with E-state index in [4.69, 9.17) is 5.73 Å². The summed E-state index contributed by atoms with van der Waals surface area (Å²) in [5.41, 5.74) is 6.28. The summed E-state index contributed by atoms with van der Waals surface area (Å²) in [4.78, 5) is 45.8. The van der Waals surface area contributed by atoms with Crippen molar-refractivity contribution in [2.45, 2.75) is 31.2 Å². The van der Waals surface area contributed by atoms with Crippen molar-refractivity contribution in [1.29, 1.82) is 0 Å². The number of rotatable bonds is 5. The first kappa shape index (κ1) is 20.5. The zero-order valence-electron chi connectivity index (χ0n) is 16.2. The summed E-state index contributed by atoms with van der Waals surface area (Å²) in [5.74, 6) is -0.287. The van der Waals surface area contributed by atoms with Crippen LogP contribution in [-0.4, -0.2) is 31.7 Å². The Labute approximate surface area is 171 Å². The topological polar surface area (TPSA) is 120 Å². The summed E-state index contributed by atoms with van der Waals surface area (Å²) >= 11 is 1.09. The highest BCUT2D eigenvalue weighted by Gasteiger charge is 2.27. The van der Waals surface area contributed by atoms with Crippen LogP contribution in [0.3, 0.4) is 0 Å². The van der Waals surface area contributed by atoms with Crippen LogP contribution in [0, 0.1) is 12.8 Å². The van der Waals surface area contributed by atoms with Crippen molar-refractivity contribution >= 4 is 34.6 Å². The fraction of sp³-hybridized carbons (Fsp3) is 0.250. The van der Waals surface area contributed by atoms with Crippen LogP contribution < -0.4 is 16.6 Å². The van der Waals surface area contributed by atoms with Crippen molar-refractivity contribution in [1.82, 2.24) is 19.9 Å². The first-order valence-corrected chi connectivity index (χ1v) is 9.87. The van der Waals surface area contributed by atoms with Crippen LogP contribution in [-0.2, 0) is 4.79 Å². The summed E-state index contributed by atoms with van der Waals surface area (Å²) in [6.07, 6.45) is 1.66. The Hall–Kier alpha value is -3.20. The van der Waals surface area contributed by atoms with Gasteiger partial charge in [0.1, 0.15) is 5.82 Å². The third-order valence-electron chi connectivity index (χ3n) is 4.21. The fourth-order valence-electron chi connectivity index (χ4n) is 2.78. The number of carbonyl (C=O) groups excluding carboxylic acids is 2. The maximum absolute atomic E-state index is 13.2. The molecule has 150 valence electrons. The maximum atomic E-state index is 13.2. The number of hydrogen-bond acceptors (Lipinski definition) is 6. The van der Waals surface area contributed by atoms with Crippen LogP contribution in [0.15, 0.2) is 52.5 Å². The Balaban J connectivity index is 2.18. The van der Waals surface area contributed by atoms with Crippen LogP contribution in [0.2, 0.25) is 0 Å². The van der Waals surface area contributed by atoms with Gasteiger partial charge in [-0.3, -0.25) is 14.9 Å². The molecule has 0 aliphatic rings. The zero-order chi connectivity index (χ0) is 21.1. The Morgan fingerprint density at radius 1 is 1.17 bits per heavy atom. The highest BCUT2D eigenvalue weighted by Crippen LogP contribution is 2.29. The number of carbonyl (C=O) groups is 2. The van der Waals surface area contributed by atoms with E-state index in [0.29, 0.717) is 21.9 Å². The van der Waals surface area contributed by atoms with E-state index in [1.807, 2.05) is 26.8 Å². The van der Waals surface area contributed by atoms with Crippen LogP contribution in [0.5, 0.6) is 0 Å². The molecule has 1 aromatic carbocycles. The fourth-order valence-corrected chi connectivity index (χ4v) is 3.88. The highest BCUT2D eigenvalue weighted by molar-refractivity contribution is 8.00. The summed E-state index contributed by atoms with van der Waals surface area (Å²) < 4.78 is 1.39. The number of para-hydroxylation sites is 1. The average molecular weight is 411 g/mol. The molecule has 0 bridgehead atoms. The van der Waals surface area contributed by atoms with Crippen LogP contribution in [0.4, 0.5) is 4.79 Å². The molecule has 3 aromatic rings. The van der Waals surface area contributed by atoms with Gasteiger partial charge in [0.2, 0.25) is 5.91 Å². The van der Waals surface area contributed by atoms with Gasteiger partial charge in [-0.25, -0.2) is 19.3 Å². The van der Waals surface area contributed by atoms with Gasteiger partial charge in [-0.2, -0.15) is 0 Å². The highest BCUT2D eigenvalue weighted by atomic mass is 32.2. The number of fused-ring (bicyclic) bond motifs is 1. The summed E-state index contributed by atoms with van der Waals surface area (Å²) in [7, 11) is 0. The van der Waals surface area contributed by atoms with Crippen LogP contribution in [0.1, 0.15) is 19.4 Å². The molecule has 0 spiro atoms. The summed E-state index contributed by atoms with van der Waals surface area (Å²) in [5, 5.41) is 2.18. The average Bonchev–Trinajstić information content (AvgIpc) is 2.66. The molecule has 0 aliphatic heterocycles. The number of urea groups is 1. The minimum atomic E-state index is -0.926. The van der Waals surface area contributed by atoms with Crippen molar-refractivity contribution in [2.24, 2.45) is 11.7 Å². The van der Waals surface area contributed by atoms with E-state index >= 15 is 0 Å². The zero-order valence-corrected chi connectivity index (χ0v) is 17.1. The van der Waals surface area contributed by atoms with E-state index in [0.717, 1.165) is 17.3 Å². The molecule has 29 heavy (non-hydrogen) atoms. The number of hydrogen-bond donors (Lipinski definition) is 2. The number of pyridine rings is 1. The predicted molar refractivity (Wildman–Crippen MR) is 112 cm³/mol. The molecule has 3 rings (SSSR count). The Kier molecular flexibility index (Phi) is 5.97. The molecule has 0 saturated carbocycles. The molecule has 1 atom stereocenters. The Bertz CT molecular complexity index is 1130. The van der Waals surface area contributed by atoms with Gasteiger partial charge in [0.25, 0.3) is 5.56 Å². The predicted octanol–water partition coefficient (Wildman–Crippen LogP) is 2.40. The van der Waals surface area contributed by atoms with Gasteiger partial charge in [0, 0.05) is 6.20 Å². The number of benzene rings is 1. The number of nitrogens with zero attached hydrogens (tertiary/aromatic N) is 3. The molecule has 2 heterocycles. The van der Waals surface area contributed by atoms with Gasteiger partial charge < -0.3 is 5.73 Å². The Morgan fingerprint density at radius 3 is 2.52 bits per heavy atom. The second kappa shape index (κ2) is 8.44. The number of aryl methyl sites for hydroxylation is 1. The number of imide groups is 1. The standard InChI is InChI=1S/C20H21N5O3S/c1-11(2)16(17(26)24-19(21)28)29-20-23-14-7-5-4-6-13(14)18(27)25(20)15-9-8-12(3)10-22-15/h4-11,16H,1-3H3,(H3,21,24,26,28). The summed E-state index contributed by atoms with van der Waals surface area (Å²) in [6, 6.07) is 9.64. The van der Waals surface area contributed by atoms with E-state index in [9.17, 15) is 14.4 Å². The van der Waals surface area contributed by atoms with Gasteiger partial charge in [0.15, 0.2) is 5.16 Å². The SMILES string of the molecule is Cc1ccc(-n2c(SC(C(=O)NC(N)=O)C(C)C)nc3ccccc3c2=O)nc1. The second-order valence-corrected chi connectivity index (χ2v) is 7.99. The lowest BCUT2D eigenvalue weighted by Gasteiger charge is -2.20. The molecular formula is C20H21N5O3S. The van der Waals surface area contributed by atoms with E-state index in [1.165, 1.54) is 4.57 Å². The first-order chi connectivity index (χ1) is 13.8. The number of aromatic nitrogens is 3. The minimum Gasteiger partial charge on any atom is -0.351 e. The first-order valence-electron chi connectivity index (χ1n) is 8.99. The van der Waals surface area contributed by atoms with Crippen LogP contribution in [0.25, 0.3) is 16.7 Å². The lowest BCUT2D eigenvalue weighted by molar-refractivity contribution is -0.120. The molecule has 0 fully saturated rings. The van der Waals surface area contributed by atoms with Gasteiger partial charge >= 0.3 is 6.03 Å². The van der Waals surface area contributed by atoms with Crippen LogP contribution >= 0.6 is 11.8 Å². The van der Waals surface area contributed by atoms with Gasteiger partial charge in [-0.05, 0) is 36.6 Å². The normalized spacial score (nSPS) is 12.1. The molecule has 9 heteroatoms. The van der Waals surface area contributed by atoms with Crippen molar-refractivity contribution < 1.29 is 9.59 Å². The molecule has 3 N–H and O–H groups in total. The van der Waals surface area contributed by atoms with Crippen molar-refractivity contribution in [3.05, 3.63) is 58.5 Å². The largest absolute Gasteiger partial charge is 0.351 e. The number of nitrogens with one attached hydrogen (secondary N) is 1. The van der Waals surface area contributed by atoms with E-state index in [-0.39, 0.29) is 11.5 Å². The van der Waals surface area contributed by atoms with E-state index in [2.05, 4.69) is 15.3 Å².